The zero-order valence-electron chi connectivity index (χ0n) is 14.2. The van der Waals surface area contributed by atoms with E-state index >= 15 is 0 Å². The number of carboxylic acids is 1. The lowest BCUT2D eigenvalue weighted by atomic mass is 9.84. The quantitative estimate of drug-likeness (QED) is 0.830. The van der Waals surface area contributed by atoms with E-state index in [9.17, 15) is 19.5 Å². The second-order valence-electron chi connectivity index (χ2n) is 7.01. The van der Waals surface area contributed by atoms with Gasteiger partial charge in [0.25, 0.3) is 0 Å². The average molecular weight is 356 g/mol. The fourth-order valence-electron chi connectivity index (χ4n) is 3.92. The molecule has 0 aromatic heterocycles. The number of fused-ring (bicyclic) bond motifs is 1. The molecule has 7 nitrogen and oxygen atoms in total. The smallest absolute Gasteiger partial charge is 0.336 e. The number of amides is 2. The number of likely N-dealkylation sites (tertiary alicyclic amines) is 1. The lowest BCUT2D eigenvalue weighted by Crippen LogP contribution is -2.53. The Kier molecular flexibility index (Phi) is 3.94. The summed E-state index contributed by atoms with van der Waals surface area (Å²) < 4.78 is 6.16. The third-order valence-electron chi connectivity index (χ3n) is 5.34. The maximum Gasteiger partial charge on any atom is 0.336 e. The minimum Gasteiger partial charge on any atom is -0.482 e. The number of hydrogen-bond acceptors (Lipinski definition) is 4. The molecule has 3 aliphatic heterocycles. The predicted octanol–water partition coefficient (Wildman–Crippen LogP) is 1.19. The summed E-state index contributed by atoms with van der Waals surface area (Å²) in [5, 5.41) is 12.3. The van der Waals surface area contributed by atoms with Crippen LogP contribution >= 0.6 is 0 Å². The van der Waals surface area contributed by atoms with Gasteiger partial charge in [0, 0.05) is 37.9 Å². The maximum absolute atomic E-state index is 12.5. The molecule has 4 rings (SSSR count). The molecule has 1 aromatic carbocycles. The van der Waals surface area contributed by atoms with E-state index in [2.05, 4.69) is 5.32 Å². The number of aliphatic carboxylic acids is 1. The Morgan fingerprint density at radius 3 is 2.62 bits per heavy atom. The number of rotatable bonds is 2. The van der Waals surface area contributed by atoms with Crippen molar-refractivity contribution >= 4 is 23.4 Å². The lowest BCUT2D eigenvalue weighted by molar-refractivity contribution is -0.137. The van der Waals surface area contributed by atoms with E-state index in [1.54, 1.807) is 29.2 Å². The molecule has 2 amide bonds. The van der Waals surface area contributed by atoms with Crippen LogP contribution in [0.3, 0.4) is 0 Å². The highest BCUT2D eigenvalue weighted by molar-refractivity contribution is 6.16. The number of ether oxygens (including phenoxy) is 1. The summed E-state index contributed by atoms with van der Waals surface area (Å²) in [4.78, 5) is 37.3. The van der Waals surface area contributed by atoms with Gasteiger partial charge in [-0.3, -0.25) is 9.59 Å². The molecule has 0 saturated carbocycles. The lowest BCUT2D eigenvalue weighted by Gasteiger charge is -2.43. The number of benzene rings is 1. The van der Waals surface area contributed by atoms with Gasteiger partial charge in [-0.1, -0.05) is 18.2 Å². The molecule has 1 spiro atoms. The number of para-hydroxylation sites is 1. The van der Waals surface area contributed by atoms with Gasteiger partial charge in [-0.2, -0.15) is 0 Å². The van der Waals surface area contributed by atoms with Crippen LogP contribution < -0.4 is 10.1 Å². The van der Waals surface area contributed by atoms with Crippen molar-refractivity contribution in [2.75, 3.05) is 13.1 Å². The number of carbonyl (C=O) groups excluding carboxylic acids is 2. The van der Waals surface area contributed by atoms with Gasteiger partial charge in [0.1, 0.15) is 17.4 Å². The highest BCUT2D eigenvalue weighted by atomic mass is 16.5. The number of nitrogens with zero attached hydrogens (tertiary/aromatic N) is 1. The zero-order valence-corrected chi connectivity index (χ0v) is 14.2. The molecule has 3 aliphatic rings. The Morgan fingerprint density at radius 1 is 1.23 bits per heavy atom. The molecule has 2 fully saturated rings. The van der Waals surface area contributed by atoms with Crippen LogP contribution in [0.1, 0.15) is 31.2 Å². The van der Waals surface area contributed by atoms with Crippen LogP contribution in [0.5, 0.6) is 5.75 Å². The maximum atomic E-state index is 12.5. The van der Waals surface area contributed by atoms with E-state index in [1.807, 2.05) is 6.07 Å². The van der Waals surface area contributed by atoms with E-state index in [-0.39, 0.29) is 17.4 Å². The number of nitrogens with one attached hydrogen (secondary N) is 1. The predicted molar refractivity (Wildman–Crippen MR) is 92.4 cm³/mol. The van der Waals surface area contributed by atoms with Crippen molar-refractivity contribution in [1.29, 1.82) is 0 Å². The Hall–Kier alpha value is -2.83. The first-order valence-corrected chi connectivity index (χ1v) is 8.80. The fourth-order valence-corrected chi connectivity index (χ4v) is 3.92. The van der Waals surface area contributed by atoms with Crippen molar-refractivity contribution in [3.05, 3.63) is 35.9 Å². The van der Waals surface area contributed by atoms with E-state index in [0.717, 1.165) is 0 Å². The summed E-state index contributed by atoms with van der Waals surface area (Å²) in [5.41, 5.74) is 0.116. The Morgan fingerprint density at radius 2 is 1.96 bits per heavy atom. The van der Waals surface area contributed by atoms with E-state index < -0.39 is 17.6 Å². The summed E-state index contributed by atoms with van der Waals surface area (Å²) in [6.07, 6.45) is 3.65. The van der Waals surface area contributed by atoms with Crippen LogP contribution in [-0.4, -0.2) is 52.5 Å². The number of piperidine rings is 1. The molecule has 26 heavy (non-hydrogen) atoms. The summed E-state index contributed by atoms with van der Waals surface area (Å²) in [7, 11) is 0. The summed E-state index contributed by atoms with van der Waals surface area (Å²) in [6.45, 7) is 0.938. The Labute approximate surface area is 150 Å². The molecule has 0 bridgehead atoms. The molecule has 7 heteroatoms. The number of hydrogen-bond donors (Lipinski definition) is 2. The molecular formula is C19H20N2O5. The van der Waals surface area contributed by atoms with Gasteiger partial charge >= 0.3 is 5.97 Å². The van der Waals surface area contributed by atoms with Crippen LogP contribution in [0.25, 0.3) is 5.57 Å². The van der Waals surface area contributed by atoms with Crippen LogP contribution in [0, 0.1) is 0 Å². The zero-order chi connectivity index (χ0) is 18.3. The average Bonchev–Trinajstić information content (AvgIpc) is 3.07. The van der Waals surface area contributed by atoms with Crippen molar-refractivity contribution in [3.8, 4) is 5.75 Å². The highest BCUT2D eigenvalue weighted by Crippen LogP contribution is 2.41. The molecular weight excluding hydrogens is 336 g/mol. The second-order valence-corrected chi connectivity index (χ2v) is 7.01. The number of carbonyl (C=O) groups is 3. The van der Waals surface area contributed by atoms with Crippen LogP contribution in [0.15, 0.2) is 30.3 Å². The fraction of sp³-hybridized carbons (Fsp3) is 0.421. The van der Waals surface area contributed by atoms with Crippen molar-refractivity contribution < 1.29 is 24.2 Å². The minimum absolute atomic E-state index is 0.0654. The Bertz CT molecular complexity index is 808. The van der Waals surface area contributed by atoms with Gasteiger partial charge in [0.15, 0.2) is 0 Å². The largest absolute Gasteiger partial charge is 0.482 e. The standard InChI is InChI=1S/C19H20N2O5/c22-16-6-5-14(20-16)17(23)21-9-7-19(8-10-21)11-13(18(24)25)12-3-1-2-4-15(12)26-19/h1-4,11,14H,5-10H2,(H,20,22)(H,24,25)/t14-/m1/s1. The molecule has 3 heterocycles. The third-order valence-corrected chi connectivity index (χ3v) is 5.34. The van der Waals surface area contributed by atoms with E-state index in [1.165, 1.54) is 0 Å². The second kappa shape index (κ2) is 6.16. The Balaban J connectivity index is 1.52. The van der Waals surface area contributed by atoms with Gasteiger partial charge in [-0.15, -0.1) is 0 Å². The van der Waals surface area contributed by atoms with E-state index in [0.29, 0.717) is 50.1 Å². The first-order chi connectivity index (χ1) is 12.5. The van der Waals surface area contributed by atoms with Crippen molar-refractivity contribution in [2.24, 2.45) is 0 Å². The van der Waals surface area contributed by atoms with Crippen molar-refractivity contribution in [3.63, 3.8) is 0 Å². The molecule has 0 unspecified atom stereocenters. The minimum atomic E-state index is -0.979. The van der Waals surface area contributed by atoms with Crippen molar-refractivity contribution in [1.82, 2.24) is 10.2 Å². The normalized spacial score (nSPS) is 23.7. The topological polar surface area (TPSA) is 95.9 Å². The highest BCUT2D eigenvalue weighted by Gasteiger charge is 2.42. The van der Waals surface area contributed by atoms with Crippen molar-refractivity contribution in [2.45, 2.75) is 37.3 Å². The van der Waals surface area contributed by atoms with Gasteiger partial charge < -0.3 is 20.1 Å². The van der Waals surface area contributed by atoms with Crippen LogP contribution in [-0.2, 0) is 14.4 Å². The van der Waals surface area contributed by atoms with Crippen LogP contribution in [0.2, 0.25) is 0 Å². The molecule has 0 aliphatic carbocycles. The molecule has 136 valence electrons. The molecule has 0 radical (unpaired) electrons. The molecule has 1 atom stereocenters. The molecule has 1 aromatic rings. The van der Waals surface area contributed by atoms with Gasteiger partial charge in [0.2, 0.25) is 11.8 Å². The number of carboxylic acid groups (broad SMARTS) is 1. The summed E-state index contributed by atoms with van der Waals surface area (Å²) in [6, 6.07) is 6.68. The van der Waals surface area contributed by atoms with Crippen LogP contribution in [0.4, 0.5) is 0 Å². The van der Waals surface area contributed by atoms with Gasteiger partial charge in [-0.25, -0.2) is 4.79 Å². The monoisotopic (exact) mass is 356 g/mol. The summed E-state index contributed by atoms with van der Waals surface area (Å²) >= 11 is 0. The first kappa shape index (κ1) is 16.6. The van der Waals surface area contributed by atoms with E-state index in [4.69, 9.17) is 4.74 Å². The van der Waals surface area contributed by atoms with Gasteiger partial charge in [-0.05, 0) is 18.6 Å². The molecule has 2 N–H and O–H groups in total. The first-order valence-electron chi connectivity index (χ1n) is 8.80. The van der Waals surface area contributed by atoms with Gasteiger partial charge in [0.05, 0.1) is 5.57 Å². The summed E-state index contributed by atoms with van der Waals surface area (Å²) in [5.74, 6) is -0.565. The molecule has 2 saturated heterocycles. The SMILES string of the molecule is O=C1CC[C@H](C(=O)N2CCC3(C=C(C(=O)O)c4ccccc4O3)CC2)N1. The third kappa shape index (κ3) is 2.83.